The highest BCUT2D eigenvalue weighted by Gasteiger charge is 2.25. The van der Waals surface area contributed by atoms with Crippen LogP contribution in [0.2, 0.25) is 5.02 Å². The van der Waals surface area contributed by atoms with Crippen LogP contribution >= 0.6 is 11.6 Å². The van der Waals surface area contributed by atoms with Crippen molar-refractivity contribution in [1.29, 1.82) is 0 Å². The first kappa shape index (κ1) is 19.0. The van der Waals surface area contributed by atoms with Gasteiger partial charge in [0.15, 0.2) is 0 Å². The number of piperazine rings is 1. The second kappa shape index (κ2) is 8.77. The fourth-order valence-electron chi connectivity index (χ4n) is 3.04. The Morgan fingerprint density at radius 3 is 2.41 bits per heavy atom. The molecule has 0 radical (unpaired) electrons. The van der Waals surface area contributed by atoms with Crippen LogP contribution in [-0.2, 0) is 16.0 Å². The van der Waals surface area contributed by atoms with E-state index in [2.05, 4.69) is 10.2 Å². The third-order valence-corrected chi connectivity index (χ3v) is 4.81. The zero-order chi connectivity index (χ0) is 19.2. The van der Waals surface area contributed by atoms with Crippen LogP contribution in [0.4, 0.5) is 5.69 Å². The number of amides is 2. The molecule has 1 saturated heterocycles. The van der Waals surface area contributed by atoms with E-state index in [1.54, 1.807) is 29.2 Å². The minimum Gasteiger partial charge on any atom is -0.508 e. The lowest BCUT2D eigenvalue weighted by Gasteiger charge is -2.35. The molecule has 0 aliphatic carbocycles. The lowest BCUT2D eigenvalue weighted by Crippen LogP contribution is -2.52. The number of hydrogen-bond donors (Lipinski definition) is 2. The summed E-state index contributed by atoms with van der Waals surface area (Å²) >= 11 is 6.03. The van der Waals surface area contributed by atoms with Crippen LogP contribution in [-0.4, -0.2) is 54.5 Å². The summed E-state index contributed by atoms with van der Waals surface area (Å²) in [6, 6.07) is 14.4. The number of phenolic OH excluding ortho intramolecular Hbond substituents is 1. The predicted octanol–water partition coefficient (Wildman–Crippen LogP) is 2.05. The van der Waals surface area contributed by atoms with Gasteiger partial charge in [-0.15, -0.1) is 0 Å². The summed E-state index contributed by atoms with van der Waals surface area (Å²) in [5.74, 6) is -0.869. The number of phenols is 1. The van der Waals surface area contributed by atoms with Gasteiger partial charge >= 0.3 is 11.8 Å². The van der Waals surface area contributed by atoms with Crippen molar-refractivity contribution in [2.24, 2.45) is 0 Å². The van der Waals surface area contributed by atoms with E-state index in [0.29, 0.717) is 44.2 Å². The Hall–Kier alpha value is -2.73. The zero-order valence-electron chi connectivity index (χ0n) is 14.9. The van der Waals surface area contributed by atoms with Gasteiger partial charge in [-0.2, -0.15) is 0 Å². The summed E-state index contributed by atoms with van der Waals surface area (Å²) in [6.07, 6.45) is 0.599. The third-order valence-electron chi connectivity index (χ3n) is 4.57. The van der Waals surface area contributed by atoms with Gasteiger partial charge in [0.1, 0.15) is 5.75 Å². The smallest absolute Gasteiger partial charge is 0.312 e. The van der Waals surface area contributed by atoms with E-state index < -0.39 is 11.8 Å². The fraction of sp³-hybridized carbons (Fsp3) is 0.300. The number of nitrogens with zero attached hydrogens (tertiary/aromatic N) is 2. The van der Waals surface area contributed by atoms with Gasteiger partial charge < -0.3 is 20.2 Å². The van der Waals surface area contributed by atoms with Crippen LogP contribution < -0.4 is 10.2 Å². The number of benzene rings is 2. The molecule has 7 heteroatoms. The highest BCUT2D eigenvalue weighted by molar-refractivity contribution is 6.35. The third kappa shape index (κ3) is 5.14. The summed E-state index contributed by atoms with van der Waals surface area (Å²) in [5, 5.41) is 12.6. The van der Waals surface area contributed by atoms with Gasteiger partial charge in [-0.1, -0.05) is 29.8 Å². The van der Waals surface area contributed by atoms with Crippen molar-refractivity contribution >= 4 is 29.1 Å². The minimum absolute atomic E-state index is 0.204. The lowest BCUT2D eigenvalue weighted by atomic mass is 10.1. The standard InChI is InChI=1S/C20H22ClN3O3/c21-16-2-1-3-17(14-16)23-10-12-24(13-11-23)20(27)19(26)22-9-8-15-4-6-18(25)7-5-15/h1-7,14,25H,8-13H2,(H,22,26). The monoisotopic (exact) mass is 387 g/mol. The average molecular weight is 388 g/mol. The fourth-order valence-corrected chi connectivity index (χ4v) is 3.23. The normalized spacial score (nSPS) is 14.1. The SMILES string of the molecule is O=C(NCCc1ccc(O)cc1)C(=O)N1CCN(c2cccc(Cl)c2)CC1. The lowest BCUT2D eigenvalue weighted by molar-refractivity contribution is -0.146. The summed E-state index contributed by atoms with van der Waals surface area (Å²) in [7, 11) is 0. The van der Waals surface area contributed by atoms with Crippen LogP contribution in [0.3, 0.4) is 0 Å². The van der Waals surface area contributed by atoms with Crippen LogP contribution in [0.1, 0.15) is 5.56 Å². The van der Waals surface area contributed by atoms with Crippen molar-refractivity contribution in [3.63, 3.8) is 0 Å². The van der Waals surface area contributed by atoms with Gasteiger partial charge in [-0.25, -0.2) is 0 Å². The Labute approximate surface area is 163 Å². The molecule has 2 aromatic carbocycles. The number of anilines is 1. The van der Waals surface area contributed by atoms with E-state index in [9.17, 15) is 14.7 Å². The van der Waals surface area contributed by atoms with Gasteiger partial charge in [-0.05, 0) is 42.3 Å². The second-order valence-electron chi connectivity index (χ2n) is 6.43. The molecular formula is C20H22ClN3O3. The van der Waals surface area contributed by atoms with E-state index in [-0.39, 0.29) is 5.75 Å². The van der Waals surface area contributed by atoms with Gasteiger partial charge in [0.25, 0.3) is 0 Å². The summed E-state index contributed by atoms with van der Waals surface area (Å²) in [6.45, 7) is 2.69. The van der Waals surface area contributed by atoms with E-state index in [4.69, 9.17) is 11.6 Å². The van der Waals surface area contributed by atoms with Crippen LogP contribution in [0, 0.1) is 0 Å². The van der Waals surface area contributed by atoms with Crippen molar-refractivity contribution in [2.45, 2.75) is 6.42 Å². The first-order valence-corrected chi connectivity index (χ1v) is 9.26. The van der Waals surface area contributed by atoms with Gasteiger partial charge in [0, 0.05) is 43.4 Å². The number of carbonyl (C=O) groups is 2. The van der Waals surface area contributed by atoms with Gasteiger partial charge in [0.2, 0.25) is 0 Å². The van der Waals surface area contributed by atoms with Crippen molar-refractivity contribution < 1.29 is 14.7 Å². The molecule has 27 heavy (non-hydrogen) atoms. The highest BCUT2D eigenvalue weighted by Crippen LogP contribution is 2.20. The largest absolute Gasteiger partial charge is 0.508 e. The Balaban J connectivity index is 1.44. The summed E-state index contributed by atoms with van der Waals surface area (Å²) < 4.78 is 0. The van der Waals surface area contributed by atoms with Gasteiger partial charge in [-0.3, -0.25) is 9.59 Å². The molecule has 1 heterocycles. The molecular weight excluding hydrogens is 366 g/mol. The van der Waals surface area contributed by atoms with Crippen molar-refractivity contribution in [1.82, 2.24) is 10.2 Å². The molecule has 0 aromatic heterocycles. The molecule has 2 aromatic rings. The molecule has 0 atom stereocenters. The van der Waals surface area contributed by atoms with Crippen molar-refractivity contribution in [3.05, 3.63) is 59.1 Å². The molecule has 0 saturated carbocycles. The Morgan fingerprint density at radius 2 is 1.74 bits per heavy atom. The Kier molecular flexibility index (Phi) is 6.19. The summed E-state index contributed by atoms with van der Waals surface area (Å²) in [5.41, 5.74) is 2.00. The second-order valence-corrected chi connectivity index (χ2v) is 6.87. The van der Waals surface area contributed by atoms with Crippen molar-refractivity contribution in [2.75, 3.05) is 37.6 Å². The van der Waals surface area contributed by atoms with E-state index in [1.807, 2.05) is 24.3 Å². The first-order valence-electron chi connectivity index (χ1n) is 8.88. The molecule has 0 spiro atoms. The number of nitrogens with one attached hydrogen (secondary N) is 1. The number of carbonyl (C=O) groups excluding carboxylic acids is 2. The topological polar surface area (TPSA) is 72.9 Å². The molecule has 6 nitrogen and oxygen atoms in total. The maximum Gasteiger partial charge on any atom is 0.312 e. The zero-order valence-corrected chi connectivity index (χ0v) is 15.7. The van der Waals surface area contributed by atoms with Crippen molar-refractivity contribution in [3.8, 4) is 5.75 Å². The minimum atomic E-state index is -0.579. The van der Waals surface area contributed by atoms with Crippen LogP contribution in [0.15, 0.2) is 48.5 Å². The van der Waals surface area contributed by atoms with Gasteiger partial charge in [0.05, 0.1) is 0 Å². The quantitative estimate of drug-likeness (QED) is 0.787. The molecule has 2 amide bonds. The molecule has 142 valence electrons. The number of rotatable bonds is 4. The number of halogens is 1. The molecule has 0 bridgehead atoms. The molecule has 3 rings (SSSR count). The average Bonchev–Trinajstić information content (AvgIpc) is 2.69. The van der Waals surface area contributed by atoms with E-state index >= 15 is 0 Å². The van der Waals surface area contributed by atoms with E-state index in [1.165, 1.54) is 0 Å². The maximum absolute atomic E-state index is 12.3. The highest BCUT2D eigenvalue weighted by atomic mass is 35.5. The maximum atomic E-state index is 12.3. The van der Waals surface area contributed by atoms with E-state index in [0.717, 1.165) is 11.3 Å². The Morgan fingerprint density at radius 1 is 1.04 bits per heavy atom. The first-order chi connectivity index (χ1) is 13.0. The molecule has 1 fully saturated rings. The number of hydrogen-bond acceptors (Lipinski definition) is 4. The van der Waals surface area contributed by atoms with Crippen LogP contribution in [0.5, 0.6) is 5.75 Å². The summed E-state index contributed by atoms with van der Waals surface area (Å²) in [4.78, 5) is 28.2. The molecule has 1 aliphatic rings. The predicted molar refractivity (Wildman–Crippen MR) is 105 cm³/mol. The number of aromatic hydroxyl groups is 1. The molecule has 0 unspecified atom stereocenters. The van der Waals surface area contributed by atoms with Crippen LogP contribution in [0.25, 0.3) is 0 Å². The molecule has 2 N–H and O–H groups in total. The molecule has 1 aliphatic heterocycles. The Bertz CT molecular complexity index is 802.